The molecule has 1 fully saturated rings. The highest BCUT2D eigenvalue weighted by atomic mass is 79.9. The molecule has 0 aromatic heterocycles. The van der Waals surface area contributed by atoms with Gasteiger partial charge in [0.25, 0.3) is 0 Å². The van der Waals surface area contributed by atoms with E-state index in [9.17, 15) is 0 Å². The Bertz CT molecular complexity index is 294. The van der Waals surface area contributed by atoms with Crippen LogP contribution in [0.1, 0.15) is 50.5 Å². The number of halogens is 1. The Morgan fingerprint density at radius 3 is 2.19 bits per heavy atom. The molecule has 16 heavy (non-hydrogen) atoms. The summed E-state index contributed by atoms with van der Waals surface area (Å²) < 4.78 is 1.19. The molecule has 1 aromatic carbocycles. The molecule has 0 bridgehead atoms. The molecule has 0 spiro atoms. The molecule has 1 aromatic rings. The number of hydrogen-bond donors (Lipinski definition) is 0. The molecule has 1 saturated carbocycles. The molecule has 0 saturated heterocycles. The zero-order chi connectivity index (χ0) is 11.2. The van der Waals surface area contributed by atoms with Gasteiger partial charge in [-0.1, -0.05) is 66.6 Å². The lowest BCUT2D eigenvalue weighted by Crippen LogP contribution is -2.00. The van der Waals surface area contributed by atoms with Gasteiger partial charge in [0, 0.05) is 4.47 Å². The second-order valence-electron chi connectivity index (χ2n) is 5.02. The molecule has 0 atom stereocenters. The van der Waals surface area contributed by atoms with Gasteiger partial charge in [-0.3, -0.25) is 0 Å². The topological polar surface area (TPSA) is 0 Å². The monoisotopic (exact) mass is 280 g/mol. The van der Waals surface area contributed by atoms with E-state index in [2.05, 4.69) is 40.2 Å². The highest BCUT2D eigenvalue weighted by Gasteiger charge is 2.11. The summed E-state index contributed by atoms with van der Waals surface area (Å²) in [5, 5.41) is 0. The molecule has 0 radical (unpaired) electrons. The van der Waals surface area contributed by atoms with E-state index in [1.165, 1.54) is 61.4 Å². The Balaban J connectivity index is 1.79. The maximum absolute atomic E-state index is 3.48. The van der Waals surface area contributed by atoms with Crippen molar-refractivity contribution >= 4 is 15.9 Å². The fraction of sp³-hybridized carbons (Fsp3) is 0.600. The molecule has 0 heterocycles. The van der Waals surface area contributed by atoms with Crippen molar-refractivity contribution in [3.8, 4) is 0 Å². The minimum atomic E-state index is 0.992. The van der Waals surface area contributed by atoms with Crippen LogP contribution in [0.15, 0.2) is 28.7 Å². The SMILES string of the molecule is Brc1ccc(CCC2CCCCCC2)cc1. The van der Waals surface area contributed by atoms with Crippen LogP contribution in [-0.4, -0.2) is 0 Å². The van der Waals surface area contributed by atoms with E-state index in [1.54, 1.807) is 0 Å². The maximum Gasteiger partial charge on any atom is 0.0175 e. The first-order valence-electron chi connectivity index (χ1n) is 6.59. The van der Waals surface area contributed by atoms with Crippen LogP contribution in [0.4, 0.5) is 0 Å². The second kappa shape index (κ2) is 6.44. The van der Waals surface area contributed by atoms with Gasteiger partial charge in [-0.2, -0.15) is 0 Å². The Morgan fingerprint density at radius 2 is 1.56 bits per heavy atom. The zero-order valence-electron chi connectivity index (χ0n) is 9.92. The van der Waals surface area contributed by atoms with Gasteiger partial charge in [-0.25, -0.2) is 0 Å². The Kier molecular flexibility index (Phi) is 4.90. The number of hydrogen-bond acceptors (Lipinski definition) is 0. The lowest BCUT2D eigenvalue weighted by molar-refractivity contribution is 0.428. The van der Waals surface area contributed by atoms with E-state index in [1.807, 2.05) is 0 Å². The molecule has 0 unspecified atom stereocenters. The van der Waals surface area contributed by atoms with Crippen molar-refractivity contribution in [3.05, 3.63) is 34.3 Å². The predicted molar refractivity (Wildman–Crippen MR) is 73.7 cm³/mol. The van der Waals surface area contributed by atoms with Crippen molar-refractivity contribution in [1.82, 2.24) is 0 Å². The quantitative estimate of drug-likeness (QED) is 0.655. The lowest BCUT2D eigenvalue weighted by atomic mass is 9.93. The van der Waals surface area contributed by atoms with Crippen molar-refractivity contribution in [2.24, 2.45) is 5.92 Å². The molecule has 0 N–H and O–H groups in total. The third kappa shape index (κ3) is 3.93. The fourth-order valence-electron chi connectivity index (χ4n) is 2.67. The van der Waals surface area contributed by atoms with E-state index < -0.39 is 0 Å². The van der Waals surface area contributed by atoms with Gasteiger partial charge in [0.2, 0.25) is 0 Å². The van der Waals surface area contributed by atoms with Crippen molar-refractivity contribution in [2.75, 3.05) is 0 Å². The van der Waals surface area contributed by atoms with Gasteiger partial charge in [-0.15, -0.1) is 0 Å². The van der Waals surface area contributed by atoms with Crippen molar-refractivity contribution in [2.45, 2.75) is 51.4 Å². The van der Waals surface area contributed by atoms with Crippen LogP contribution >= 0.6 is 15.9 Å². The number of aryl methyl sites for hydroxylation is 1. The van der Waals surface area contributed by atoms with Crippen LogP contribution in [0.3, 0.4) is 0 Å². The van der Waals surface area contributed by atoms with Crippen molar-refractivity contribution in [3.63, 3.8) is 0 Å². The number of benzene rings is 1. The van der Waals surface area contributed by atoms with Gasteiger partial charge in [0.1, 0.15) is 0 Å². The summed E-state index contributed by atoms with van der Waals surface area (Å²) in [7, 11) is 0. The van der Waals surface area contributed by atoms with Gasteiger partial charge in [-0.05, 0) is 36.5 Å². The molecule has 1 aliphatic rings. The normalized spacial score (nSPS) is 18.3. The van der Waals surface area contributed by atoms with Gasteiger partial charge in [0.05, 0.1) is 0 Å². The smallest absolute Gasteiger partial charge is 0.0175 e. The summed E-state index contributed by atoms with van der Waals surface area (Å²) in [6.07, 6.45) is 11.5. The largest absolute Gasteiger partial charge is 0.0579 e. The Labute approximate surface area is 108 Å². The summed E-state index contributed by atoms with van der Waals surface area (Å²) in [6, 6.07) is 8.81. The van der Waals surface area contributed by atoms with Crippen LogP contribution in [0.2, 0.25) is 0 Å². The second-order valence-corrected chi connectivity index (χ2v) is 5.94. The first-order chi connectivity index (χ1) is 7.84. The summed E-state index contributed by atoms with van der Waals surface area (Å²) in [5.74, 6) is 0.992. The Hall–Kier alpha value is -0.300. The summed E-state index contributed by atoms with van der Waals surface area (Å²) in [6.45, 7) is 0. The van der Waals surface area contributed by atoms with E-state index >= 15 is 0 Å². The fourth-order valence-corrected chi connectivity index (χ4v) is 2.94. The number of rotatable bonds is 3. The first-order valence-corrected chi connectivity index (χ1v) is 7.38. The van der Waals surface area contributed by atoms with Gasteiger partial charge < -0.3 is 0 Å². The predicted octanol–water partition coefficient (Wildman–Crippen LogP) is 5.35. The minimum Gasteiger partial charge on any atom is -0.0579 e. The third-order valence-corrected chi connectivity index (χ3v) is 4.26. The maximum atomic E-state index is 3.48. The molecular weight excluding hydrogens is 260 g/mol. The van der Waals surface area contributed by atoms with E-state index in [-0.39, 0.29) is 0 Å². The van der Waals surface area contributed by atoms with Crippen molar-refractivity contribution < 1.29 is 0 Å². The molecule has 1 heteroatoms. The highest BCUT2D eigenvalue weighted by Crippen LogP contribution is 2.26. The standard InChI is InChI=1S/C15H21Br/c16-15-11-9-14(10-12-15)8-7-13-5-3-1-2-4-6-13/h9-13H,1-8H2. The minimum absolute atomic E-state index is 0.992. The molecule has 1 aliphatic carbocycles. The van der Waals surface area contributed by atoms with Gasteiger partial charge in [0.15, 0.2) is 0 Å². The van der Waals surface area contributed by atoms with E-state index in [0.717, 1.165) is 5.92 Å². The molecule has 0 nitrogen and oxygen atoms in total. The summed E-state index contributed by atoms with van der Waals surface area (Å²) >= 11 is 3.48. The first kappa shape index (κ1) is 12.2. The lowest BCUT2D eigenvalue weighted by Gasteiger charge is -2.13. The van der Waals surface area contributed by atoms with E-state index in [4.69, 9.17) is 0 Å². The average Bonchev–Trinajstić information content (AvgIpc) is 2.57. The third-order valence-electron chi connectivity index (χ3n) is 3.73. The van der Waals surface area contributed by atoms with Crippen LogP contribution in [0.25, 0.3) is 0 Å². The van der Waals surface area contributed by atoms with E-state index in [0.29, 0.717) is 0 Å². The summed E-state index contributed by atoms with van der Waals surface area (Å²) in [5.41, 5.74) is 1.49. The highest BCUT2D eigenvalue weighted by molar-refractivity contribution is 9.10. The van der Waals surface area contributed by atoms with Gasteiger partial charge >= 0.3 is 0 Å². The molecular formula is C15H21Br. The zero-order valence-corrected chi connectivity index (χ0v) is 11.5. The average molecular weight is 281 g/mol. The molecule has 88 valence electrons. The van der Waals surface area contributed by atoms with Crippen molar-refractivity contribution in [1.29, 1.82) is 0 Å². The van der Waals surface area contributed by atoms with Crippen LogP contribution in [0, 0.1) is 5.92 Å². The molecule has 0 amide bonds. The van der Waals surface area contributed by atoms with Crippen LogP contribution < -0.4 is 0 Å². The molecule has 2 rings (SSSR count). The van der Waals surface area contributed by atoms with Crippen LogP contribution in [0.5, 0.6) is 0 Å². The summed E-state index contributed by atoms with van der Waals surface area (Å²) in [4.78, 5) is 0. The Morgan fingerprint density at radius 1 is 0.938 bits per heavy atom. The van der Waals surface area contributed by atoms with Crippen LogP contribution in [-0.2, 0) is 6.42 Å². The molecule has 0 aliphatic heterocycles.